The van der Waals surface area contributed by atoms with Gasteiger partial charge in [-0.25, -0.2) is 9.37 Å². The first-order valence-corrected chi connectivity index (χ1v) is 7.06. The van der Waals surface area contributed by atoms with Gasteiger partial charge in [0, 0.05) is 19.5 Å². The zero-order valence-corrected chi connectivity index (χ0v) is 12.0. The molecule has 0 spiro atoms. The predicted octanol–water partition coefficient (Wildman–Crippen LogP) is 1.79. The van der Waals surface area contributed by atoms with Crippen LogP contribution in [0.5, 0.6) is 5.75 Å². The Labute approximate surface area is 126 Å². The number of rotatable bonds is 4. The van der Waals surface area contributed by atoms with E-state index in [1.807, 2.05) is 0 Å². The third-order valence-corrected chi connectivity index (χ3v) is 3.71. The maximum Gasteiger partial charge on any atom is 0.296 e. The molecule has 0 radical (unpaired) electrons. The van der Waals surface area contributed by atoms with Crippen LogP contribution in [-0.4, -0.2) is 14.7 Å². The van der Waals surface area contributed by atoms with Gasteiger partial charge in [-0.1, -0.05) is 18.7 Å². The van der Waals surface area contributed by atoms with Crippen molar-refractivity contribution in [2.45, 2.75) is 25.9 Å². The normalized spacial score (nSPS) is 13.0. The first-order valence-electron chi connectivity index (χ1n) is 7.06. The third-order valence-electron chi connectivity index (χ3n) is 3.71. The minimum atomic E-state index is -0.428. The topological polar surface area (TPSA) is 67.2 Å². The molecular weight excluding hydrogens is 285 g/mol. The average molecular weight is 301 g/mol. The van der Waals surface area contributed by atoms with Crippen molar-refractivity contribution in [2.24, 2.45) is 0 Å². The fourth-order valence-electron chi connectivity index (χ4n) is 2.51. The highest BCUT2D eigenvalue weighted by Gasteiger charge is 2.20. The van der Waals surface area contributed by atoms with E-state index in [9.17, 15) is 14.3 Å². The zero-order chi connectivity index (χ0) is 15.7. The van der Waals surface area contributed by atoms with Gasteiger partial charge < -0.3 is 10.4 Å². The van der Waals surface area contributed by atoms with E-state index in [2.05, 4.69) is 16.9 Å². The Kier molecular flexibility index (Phi) is 3.66. The van der Waals surface area contributed by atoms with Gasteiger partial charge in [-0.05, 0) is 24.1 Å². The number of nitrogens with one attached hydrogen (secondary N) is 1. The minimum Gasteiger partial charge on any atom is -0.501 e. The number of aryl methyl sites for hydroxylation is 1. The molecule has 114 valence electrons. The van der Waals surface area contributed by atoms with Crippen molar-refractivity contribution in [1.82, 2.24) is 14.9 Å². The van der Waals surface area contributed by atoms with Crippen molar-refractivity contribution in [3.05, 3.63) is 64.1 Å². The second kappa shape index (κ2) is 5.63. The van der Waals surface area contributed by atoms with Crippen LogP contribution in [-0.2, 0) is 19.5 Å². The molecule has 1 aromatic heterocycles. The van der Waals surface area contributed by atoms with Crippen LogP contribution >= 0.6 is 0 Å². The molecule has 0 fully saturated rings. The molecule has 2 N–H and O–H groups in total. The van der Waals surface area contributed by atoms with Crippen LogP contribution in [0.1, 0.15) is 23.5 Å². The molecule has 22 heavy (non-hydrogen) atoms. The Bertz CT molecular complexity index is 781. The summed E-state index contributed by atoms with van der Waals surface area (Å²) in [5, 5.41) is 13.0. The Morgan fingerprint density at radius 3 is 2.86 bits per heavy atom. The van der Waals surface area contributed by atoms with Crippen molar-refractivity contribution in [3.8, 4) is 5.75 Å². The average Bonchev–Trinajstić information content (AvgIpc) is 2.98. The molecule has 0 saturated heterocycles. The summed E-state index contributed by atoms with van der Waals surface area (Å²) in [5.74, 6) is -0.0154. The van der Waals surface area contributed by atoms with Crippen LogP contribution < -0.4 is 10.9 Å². The van der Waals surface area contributed by atoms with Crippen LogP contribution in [0, 0.1) is 5.82 Å². The molecule has 0 atom stereocenters. The van der Waals surface area contributed by atoms with E-state index in [4.69, 9.17) is 0 Å². The van der Waals surface area contributed by atoms with Crippen molar-refractivity contribution < 1.29 is 9.50 Å². The quantitative estimate of drug-likeness (QED) is 0.903. The molecule has 6 heteroatoms. The highest BCUT2D eigenvalue weighted by Crippen LogP contribution is 2.20. The number of benzene rings is 1. The number of hydrogen-bond donors (Lipinski definition) is 2. The lowest BCUT2D eigenvalue weighted by Crippen LogP contribution is -2.23. The molecule has 0 aliphatic carbocycles. The van der Waals surface area contributed by atoms with Crippen LogP contribution in [0.15, 0.2) is 35.6 Å². The van der Waals surface area contributed by atoms with E-state index in [0.29, 0.717) is 31.0 Å². The number of halogens is 1. The molecule has 1 aromatic carbocycles. The molecular formula is C16H16FN3O2. The molecule has 0 amide bonds. The lowest BCUT2D eigenvalue weighted by atomic mass is 10.2. The summed E-state index contributed by atoms with van der Waals surface area (Å²) in [4.78, 5) is 16.4. The summed E-state index contributed by atoms with van der Waals surface area (Å²) in [6.07, 6.45) is 1.56. The summed E-state index contributed by atoms with van der Waals surface area (Å²) in [7, 11) is 0. The molecule has 3 rings (SSSR count). The molecule has 0 bridgehead atoms. The SMILES string of the molecule is C=C(NCc1ccc(F)cc1)c1nc2n(c(=O)c1O)CCC2. The van der Waals surface area contributed by atoms with Crippen molar-refractivity contribution in [3.63, 3.8) is 0 Å². The van der Waals surface area contributed by atoms with Crippen LogP contribution in [0.25, 0.3) is 5.70 Å². The van der Waals surface area contributed by atoms with E-state index in [1.165, 1.54) is 16.7 Å². The maximum atomic E-state index is 12.9. The Morgan fingerprint density at radius 1 is 1.41 bits per heavy atom. The fourth-order valence-corrected chi connectivity index (χ4v) is 2.51. The maximum absolute atomic E-state index is 12.9. The molecule has 2 heterocycles. The van der Waals surface area contributed by atoms with E-state index >= 15 is 0 Å². The van der Waals surface area contributed by atoms with Crippen molar-refractivity contribution in [2.75, 3.05) is 0 Å². The summed E-state index contributed by atoms with van der Waals surface area (Å²) in [5.41, 5.74) is 0.983. The second-order valence-corrected chi connectivity index (χ2v) is 5.24. The van der Waals surface area contributed by atoms with E-state index in [1.54, 1.807) is 12.1 Å². The van der Waals surface area contributed by atoms with Crippen LogP contribution in [0.2, 0.25) is 0 Å². The third kappa shape index (κ3) is 2.59. The molecule has 0 saturated carbocycles. The molecule has 1 aliphatic rings. The van der Waals surface area contributed by atoms with Crippen LogP contribution in [0.4, 0.5) is 4.39 Å². The van der Waals surface area contributed by atoms with Crippen molar-refractivity contribution in [1.29, 1.82) is 0 Å². The minimum absolute atomic E-state index is 0.181. The lowest BCUT2D eigenvalue weighted by molar-refractivity contribution is 0.451. The number of fused-ring (bicyclic) bond motifs is 1. The van der Waals surface area contributed by atoms with Crippen molar-refractivity contribution >= 4 is 5.70 Å². The second-order valence-electron chi connectivity index (χ2n) is 5.24. The van der Waals surface area contributed by atoms with Gasteiger partial charge in [-0.3, -0.25) is 9.36 Å². The number of aromatic nitrogens is 2. The van der Waals surface area contributed by atoms with Gasteiger partial charge >= 0.3 is 0 Å². The smallest absolute Gasteiger partial charge is 0.296 e. The zero-order valence-electron chi connectivity index (χ0n) is 12.0. The summed E-state index contributed by atoms with van der Waals surface area (Å²) < 4.78 is 14.3. The highest BCUT2D eigenvalue weighted by molar-refractivity contribution is 5.63. The largest absolute Gasteiger partial charge is 0.501 e. The van der Waals surface area contributed by atoms with E-state index < -0.39 is 5.56 Å². The monoisotopic (exact) mass is 301 g/mol. The van der Waals surface area contributed by atoms with Gasteiger partial charge in [0.1, 0.15) is 17.3 Å². The first-order chi connectivity index (χ1) is 10.6. The fraction of sp³-hybridized carbons (Fsp3) is 0.250. The van der Waals surface area contributed by atoms with Gasteiger partial charge in [0.15, 0.2) is 0 Å². The highest BCUT2D eigenvalue weighted by atomic mass is 19.1. The van der Waals surface area contributed by atoms with Gasteiger partial charge in [0.25, 0.3) is 5.56 Å². The number of nitrogens with zero attached hydrogens (tertiary/aromatic N) is 2. The number of aromatic hydroxyl groups is 1. The molecule has 1 aliphatic heterocycles. The Balaban J connectivity index is 1.79. The van der Waals surface area contributed by atoms with Crippen LogP contribution in [0.3, 0.4) is 0 Å². The van der Waals surface area contributed by atoms with E-state index in [-0.39, 0.29) is 17.3 Å². The van der Waals surface area contributed by atoms with Gasteiger partial charge in [0.05, 0.1) is 5.70 Å². The molecule has 5 nitrogen and oxygen atoms in total. The molecule has 0 unspecified atom stereocenters. The predicted molar refractivity (Wildman–Crippen MR) is 80.8 cm³/mol. The van der Waals surface area contributed by atoms with Gasteiger partial charge in [0.2, 0.25) is 5.75 Å². The summed E-state index contributed by atoms with van der Waals surface area (Å²) >= 11 is 0. The molecule has 2 aromatic rings. The van der Waals surface area contributed by atoms with E-state index in [0.717, 1.165) is 12.0 Å². The number of hydrogen-bond acceptors (Lipinski definition) is 4. The van der Waals surface area contributed by atoms with Gasteiger partial charge in [-0.15, -0.1) is 0 Å². The summed E-state index contributed by atoms with van der Waals surface area (Å²) in [6, 6.07) is 6.05. The Hall–Kier alpha value is -2.63. The standard InChI is InChI=1S/C16H16FN3O2/c1-10(18-9-11-4-6-12(17)7-5-11)14-15(21)16(22)20-8-2-3-13(20)19-14/h4-7,18,21H,1-3,8-9H2. The first kappa shape index (κ1) is 14.3. The Morgan fingerprint density at radius 2 is 2.14 bits per heavy atom. The van der Waals surface area contributed by atoms with Gasteiger partial charge in [-0.2, -0.15) is 0 Å². The lowest BCUT2D eigenvalue weighted by Gasteiger charge is -2.12. The summed E-state index contributed by atoms with van der Waals surface area (Å²) in [6.45, 7) is 4.82.